The first-order chi connectivity index (χ1) is 29.5. The Hall–Kier alpha value is -5.53. The Kier molecular flexibility index (Phi) is 11.4. The Labute approximate surface area is 350 Å². The standard InChI is InChI=1S/C42H52F2N12O5/c1-50(28-12-15-52(16-13-28)24-27-4-3-5-32-37(27)51(2)42(60)56(32)33-10-11-35(57)48-41(33)59)23-26-6-8-29(9-7-26)55-25-31(36(49-55)38(43)44)46-40(58)30-22-45-54-17-14-34(47-39(30)54)53-18-20-61-21-19-53/h3-5,14,17,22,25-26,28-29,33,38H,6-13,15-16,18-21,23-24H2,1-2H3,(H,46,58)(H,48,57,59). The van der Waals surface area contributed by atoms with E-state index in [1.165, 1.54) is 21.5 Å². The molecular formula is C42H52F2N12O5. The fourth-order valence-electron chi connectivity index (χ4n) is 9.81. The highest BCUT2D eigenvalue weighted by molar-refractivity contribution is 6.08. The average Bonchev–Trinajstić information content (AvgIpc) is 3.96. The number of imide groups is 1. The first-order valence-electron chi connectivity index (χ1n) is 21.3. The summed E-state index contributed by atoms with van der Waals surface area (Å²) in [5.41, 5.74) is 2.34. The number of nitrogens with zero attached hydrogens (tertiary/aromatic N) is 10. The number of carbonyl (C=O) groups excluding carboxylic acids is 3. The van der Waals surface area contributed by atoms with Gasteiger partial charge in [0.15, 0.2) is 11.3 Å². The van der Waals surface area contributed by atoms with Crippen molar-refractivity contribution >= 4 is 45.9 Å². The number of halogens is 2. The number of aryl methyl sites for hydroxylation is 1. The van der Waals surface area contributed by atoms with Crippen molar-refractivity contribution in [2.24, 2.45) is 13.0 Å². The molecule has 9 rings (SSSR count). The lowest BCUT2D eigenvalue weighted by Gasteiger charge is -2.39. The third-order valence-electron chi connectivity index (χ3n) is 13.2. The van der Waals surface area contributed by atoms with Gasteiger partial charge in [0, 0.05) is 58.1 Å². The van der Waals surface area contributed by atoms with E-state index in [9.17, 15) is 28.0 Å². The van der Waals surface area contributed by atoms with E-state index in [0.29, 0.717) is 68.2 Å². The third-order valence-corrected chi connectivity index (χ3v) is 13.2. The highest BCUT2D eigenvalue weighted by Crippen LogP contribution is 2.36. The zero-order valence-corrected chi connectivity index (χ0v) is 34.5. The molecule has 3 aliphatic heterocycles. The molecule has 0 spiro atoms. The number of benzene rings is 1. The van der Waals surface area contributed by atoms with Crippen LogP contribution in [-0.2, 0) is 27.9 Å². The highest BCUT2D eigenvalue weighted by Gasteiger charge is 2.33. The number of hydrogen-bond donors (Lipinski definition) is 2. The van der Waals surface area contributed by atoms with E-state index in [0.717, 1.165) is 69.2 Å². The number of imidazole rings is 1. The van der Waals surface area contributed by atoms with Gasteiger partial charge in [-0.05, 0) is 88.7 Å². The molecule has 3 amide bonds. The van der Waals surface area contributed by atoms with Crippen molar-refractivity contribution in [2.45, 2.75) is 82.5 Å². The van der Waals surface area contributed by atoms with Crippen molar-refractivity contribution in [1.82, 2.24) is 48.6 Å². The molecule has 1 aliphatic carbocycles. The number of hydrogen-bond acceptors (Lipinski definition) is 11. The molecule has 0 bridgehead atoms. The number of rotatable bonds is 11. The van der Waals surface area contributed by atoms with Crippen molar-refractivity contribution in [1.29, 1.82) is 0 Å². The maximum absolute atomic E-state index is 14.3. The Morgan fingerprint density at radius 3 is 2.52 bits per heavy atom. The summed E-state index contributed by atoms with van der Waals surface area (Å²) in [4.78, 5) is 63.0. The van der Waals surface area contributed by atoms with E-state index in [2.05, 4.69) is 47.6 Å². The molecule has 4 aromatic heterocycles. The summed E-state index contributed by atoms with van der Waals surface area (Å²) >= 11 is 0. The second kappa shape index (κ2) is 17.1. The van der Waals surface area contributed by atoms with Crippen molar-refractivity contribution in [3.05, 3.63) is 70.2 Å². The summed E-state index contributed by atoms with van der Waals surface area (Å²) in [6.45, 7) is 5.98. The molecule has 5 aromatic rings. The van der Waals surface area contributed by atoms with Crippen LogP contribution in [0.4, 0.5) is 20.3 Å². The van der Waals surface area contributed by atoms with Crippen LogP contribution < -0.4 is 21.2 Å². The second-order valence-corrected chi connectivity index (χ2v) is 17.0. The maximum Gasteiger partial charge on any atom is 0.329 e. The number of morpholine rings is 1. The first kappa shape index (κ1) is 40.9. The summed E-state index contributed by atoms with van der Waals surface area (Å²) in [6.07, 6.45) is 7.81. The lowest BCUT2D eigenvalue weighted by molar-refractivity contribution is -0.135. The monoisotopic (exact) mass is 842 g/mol. The number of alkyl halides is 2. The Morgan fingerprint density at radius 2 is 1.79 bits per heavy atom. The van der Waals surface area contributed by atoms with Gasteiger partial charge in [-0.15, -0.1) is 0 Å². The predicted molar refractivity (Wildman–Crippen MR) is 222 cm³/mol. The molecule has 4 fully saturated rings. The maximum atomic E-state index is 14.3. The van der Waals surface area contributed by atoms with Crippen LogP contribution in [0.2, 0.25) is 0 Å². The van der Waals surface area contributed by atoms with Gasteiger partial charge < -0.3 is 19.9 Å². The molecule has 7 heterocycles. The Morgan fingerprint density at radius 1 is 1.02 bits per heavy atom. The van der Waals surface area contributed by atoms with Crippen LogP contribution in [0.25, 0.3) is 16.7 Å². The van der Waals surface area contributed by atoms with Crippen LogP contribution >= 0.6 is 0 Å². The molecule has 1 unspecified atom stereocenters. The van der Waals surface area contributed by atoms with Crippen LogP contribution in [0, 0.1) is 5.92 Å². The molecule has 4 aliphatic rings. The smallest absolute Gasteiger partial charge is 0.329 e. The number of likely N-dealkylation sites (tertiary alicyclic amines) is 1. The Balaban J connectivity index is 0.780. The van der Waals surface area contributed by atoms with Crippen LogP contribution in [0.15, 0.2) is 47.7 Å². The van der Waals surface area contributed by atoms with E-state index in [4.69, 9.17) is 4.74 Å². The number of para-hydroxylation sites is 1. The summed E-state index contributed by atoms with van der Waals surface area (Å²) in [5.74, 6) is -0.163. The van der Waals surface area contributed by atoms with Gasteiger partial charge in [-0.1, -0.05) is 12.1 Å². The van der Waals surface area contributed by atoms with Gasteiger partial charge in [-0.25, -0.2) is 23.1 Å². The Bertz CT molecular complexity index is 2490. The lowest BCUT2D eigenvalue weighted by Crippen LogP contribution is -2.44. The van der Waals surface area contributed by atoms with Gasteiger partial charge in [-0.2, -0.15) is 10.2 Å². The van der Waals surface area contributed by atoms with E-state index in [1.807, 2.05) is 24.3 Å². The summed E-state index contributed by atoms with van der Waals surface area (Å²) in [7, 11) is 3.93. The minimum absolute atomic E-state index is 0.0109. The average molecular weight is 843 g/mol. The predicted octanol–water partition coefficient (Wildman–Crippen LogP) is 3.91. The molecule has 1 saturated carbocycles. The van der Waals surface area contributed by atoms with Gasteiger partial charge in [0.1, 0.15) is 17.4 Å². The number of carbonyl (C=O) groups is 3. The molecule has 3 saturated heterocycles. The summed E-state index contributed by atoms with van der Waals surface area (Å²) in [5, 5.41) is 13.6. The number of nitrogens with one attached hydrogen (secondary N) is 2. The minimum Gasteiger partial charge on any atom is -0.378 e. The number of fused-ring (bicyclic) bond motifs is 2. The van der Waals surface area contributed by atoms with E-state index < -0.39 is 30.0 Å². The molecule has 1 atom stereocenters. The van der Waals surface area contributed by atoms with E-state index >= 15 is 0 Å². The quantitative estimate of drug-likeness (QED) is 0.185. The van der Waals surface area contributed by atoms with Crippen molar-refractivity contribution in [3.8, 4) is 0 Å². The molecule has 0 radical (unpaired) electrons. The zero-order valence-electron chi connectivity index (χ0n) is 34.5. The molecule has 17 nitrogen and oxygen atoms in total. The van der Waals surface area contributed by atoms with Crippen LogP contribution in [0.1, 0.15) is 91.5 Å². The second-order valence-electron chi connectivity index (χ2n) is 17.0. The first-order valence-corrected chi connectivity index (χ1v) is 21.3. The van der Waals surface area contributed by atoms with E-state index in [1.54, 1.807) is 22.5 Å². The number of amides is 3. The molecule has 1 aromatic carbocycles. The minimum atomic E-state index is -2.86. The number of aromatic nitrogens is 7. The van der Waals surface area contributed by atoms with Gasteiger partial charge in [-0.3, -0.25) is 38.4 Å². The van der Waals surface area contributed by atoms with Gasteiger partial charge in [0.05, 0.1) is 42.2 Å². The summed E-state index contributed by atoms with van der Waals surface area (Å²) < 4.78 is 40.3. The zero-order chi connectivity index (χ0) is 42.4. The molecule has 2 N–H and O–H groups in total. The molecule has 61 heavy (non-hydrogen) atoms. The third kappa shape index (κ3) is 8.17. The van der Waals surface area contributed by atoms with Crippen LogP contribution in [-0.4, -0.2) is 120 Å². The number of anilines is 2. The number of ether oxygens (including phenoxy) is 1. The fourth-order valence-corrected chi connectivity index (χ4v) is 9.81. The van der Waals surface area contributed by atoms with E-state index in [-0.39, 0.29) is 35.3 Å². The van der Waals surface area contributed by atoms with Crippen LogP contribution in [0.5, 0.6) is 0 Å². The topological polar surface area (TPSA) is 169 Å². The molecular weight excluding hydrogens is 791 g/mol. The van der Waals surface area contributed by atoms with Gasteiger partial charge in [0.2, 0.25) is 11.8 Å². The van der Waals surface area contributed by atoms with Gasteiger partial charge >= 0.3 is 5.69 Å². The summed E-state index contributed by atoms with van der Waals surface area (Å²) in [6, 6.07) is 7.34. The highest BCUT2D eigenvalue weighted by atomic mass is 19.3. The van der Waals surface area contributed by atoms with Crippen molar-refractivity contribution < 1.29 is 27.9 Å². The van der Waals surface area contributed by atoms with Crippen LogP contribution in [0.3, 0.4) is 0 Å². The molecule has 19 heteroatoms. The SMILES string of the molecule is CN(CC1CCC(n2cc(NC(=O)c3cnn4ccc(N5CCOCC5)nc34)c(C(F)F)n2)CC1)C1CCN(Cc2cccc3c2n(C)c(=O)n3C2CCC(=O)NC2=O)CC1. The normalized spacial score (nSPS) is 22.2. The van der Waals surface area contributed by atoms with Crippen molar-refractivity contribution in [2.75, 3.05) is 63.2 Å². The lowest BCUT2D eigenvalue weighted by atomic mass is 9.85. The van der Waals surface area contributed by atoms with Gasteiger partial charge in [0.25, 0.3) is 12.3 Å². The molecule has 324 valence electrons. The fraction of sp³-hybridized carbons (Fsp3) is 0.548. The van der Waals surface area contributed by atoms with Crippen molar-refractivity contribution in [3.63, 3.8) is 0 Å². The largest absolute Gasteiger partial charge is 0.378 e. The number of piperidine rings is 2.